The normalized spacial score (nSPS) is 10.8. The summed E-state index contributed by atoms with van der Waals surface area (Å²) < 4.78 is 0. The Bertz CT molecular complexity index is 273. The third-order valence-corrected chi connectivity index (χ3v) is 1.74. The van der Waals surface area contributed by atoms with E-state index in [0.29, 0.717) is 6.61 Å². The van der Waals surface area contributed by atoms with Crippen molar-refractivity contribution in [3.63, 3.8) is 0 Å². The van der Waals surface area contributed by atoms with Gasteiger partial charge in [0.25, 0.3) is 0 Å². The van der Waals surface area contributed by atoms with Crippen LogP contribution in [0.1, 0.15) is 5.56 Å². The molecule has 2 nitrogen and oxygen atoms in total. The summed E-state index contributed by atoms with van der Waals surface area (Å²) in [6.45, 7) is 0.394. The number of halogens is 1. The first-order chi connectivity index (χ1) is 5.84. The smallest absolute Gasteiger partial charge is 0.0864 e. The average Bonchev–Trinajstić information content (AvgIpc) is 2.09. The van der Waals surface area contributed by atoms with E-state index in [1.165, 1.54) is 0 Å². The van der Waals surface area contributed by atoms with E-state index in [1.54, 1.807) is 6.08 Å². The van der Waals surface area contributed by atoms with Crippen LogP contribution in [0.25, 0.3) is 6.08 Å². The fourth-order valence-electron chi connectivity index (χ4n) is 0.841. The number of hydrogen-bond acceptors (Lipinski definition) is 2. The lowest BCUT2D eigenvalue weighted by Gasteiger charge is -1.95. The lowest BCUT2D eigenvalue weighted by Crippen LogP contribution is -1.96. The molecule has 0 fully saturated rings. The van der Waals surface area contributed by atoms with Gasteiger partial charge in [-0.05, 0) is 11.6 Å². The summed E-state index contributed by atoms with van der Waals surface area (Å²) >= 11 is 5.88. The fraction of sp³-hybridized carbons (Fsp3) is 0.111. The second-order valence-electron chi connectivity index (χ2n) is 2.26. The Hall–Kier alpha value is -0.830. The SMILES string of the molecule is NOCC=Cc1ccccc1Cl. The zero-order valence-corrected chi connectivity index (χ0v) is 7.29. The third kappa shape index (κ3) is 2.66. The van der Waals surface area contributed by atoms with Crippen LogP contribution in [0.15, 0.2) is 30.3 Å². The molecule has 0 aliphatic heterocycles. The molecule has 12 heavy (non-hydrogen) atoms. The lowest BCUT2D eigenvalue weighted by atomic mass is 10.2. The molecule has 64 valence electrons. The van der Waals surface area contributed by atoms with Crippen molar-refractivity contribution in [2.75, 3.05) is 6.61 Å². The first-order valence-electron chi connectivity index (χ1n) is 3.57. The molecule has 3 heteroatoms. The van der Waals surface area contributed by atoms with Crippen molar-refractivity contribution in [2.24, 2.45) is 5.90 Å². The summed E-state index contributed by atoms with van der Waals surface area (Å²) in [7, 11) is 0. The van der Waals surface area contributed by atoms with Gasteiger partial charge in [-0.1, -0.05) is 42.0 Å². The van der Waals surface area contributed by atoms with E-state index >= 15 is 0 Å². The Morgan fingerprint density at radius 3 is 2.83 bits per heavy atom. The van der Waals surface area contributed by atoms with Crippen molar-refractivity contribution in [3.8, 4) is 0 Å². The number of benzene rings is 1. The van der Waals surface area contributed by atoms with Crippen LogP contribution in [0, 0.1) is 0 Å². The van der Waals surface area contributed by atoms with Crippen LogP contribution in [0.5, 0.6) is 0 Å². The third-order valence-electron chi connectivity index (χ3n) is 1.40. The van der Waals surface area contributed by atoms with Crippen LogP contribution in [0.2, 0.25) is 5.02 Å². The standard InChI is InChI=1S/C9H10ClNO/c10-9-6-2-1-4-8(9)5-3-7-12-11/h1-6H,7,11H2. The van der Waals surface area contributed by atoms with Crippen molar-refractivity contribution in [1.82, 2.24) is 0 Å². The Balaban J connectivity index is 2.68. The largest absolute Gasteiger partial charge is 0.300 e. The first-order valence-corrected chi connectivity index (χ1v) is 3.95. The van der Waals surface area contributed by atoms with Crippen LogP contribution in [-0.4, -0.2) is 6.61 Å². The molecule has 1 aromatic rings. The molecule has 2 N–H and O–H groups in total. The molecule has 0 unspecified atom stereocenters. The molecule has 0 atom stereocenters. The number of rotatable bonds is 3. The minimum absolute atomic E-state index is 0.394. The summed E-state index contributed by atoms with van der Waals surface area (Å²) in [5.41, 5.74) is 0.969. The van der Waals surface area contributed by atoms with E-state index in [9.17, 15) is 0 Å². The molecular formula is C9H10ClNO. The minimum Gasteiger partial charge on any atom is -0.300 e. The van der Waals surface area contributed by atoms with E-state index in [2.05, 4.69) is 4.84 Å². The molecule has 0 aromatic heterocycles. The molecule has 0 aliphatic rings. The van der Waals surface area contributed by atoms with Gasteiger partial charge in [-0.2, -0.15) is 0 Å². The minimum atomic E-state index is 0.394. The molecule has 0 amide bonds. The van der Waals surface area contributed by atoms with Gasteiger partial charge in [0, 0.05) is 5.02 Å². The van der Waals surface area contributed by atoms with Gasteiger partial charge in [0.15, 0.2) is 0 Å². The molecule has 1 aromatic carbocycles. The van der Waals surface area contributed by atoms with Crippen molar-refractivity contribution in [1.29, 1.82) is 0 Å². The summed E-state index contributed by atoms with van der Waals surface area (Å²) in [6.07, 6.45) is 3.68. The van der Waals surface area contributed by atoms with Crippen LogP contribution in [0.3, 0.4) is 0 Å². The van der Waals surface area contributed by atoms with Crippen LogP contribution in [0.4, 0.5) is 0 Å². The van der Waals surface area contributed by atoms with E-state index in [1.807, 2.05) is 30.3 Å². The Kier molecular flexibility index (Phi) is 3.80. The molecule has 0 radical (unpaired) electrons. The van der Waals surface area contributed by atoms with Crippen LogP contribution in [-0.2, 0) is 4.84 Å². The predicted molar refractivity (Wildman–Crippen MR) is 50.6 cm³/mol. The van der Waals surface area contributed by atoms with E-state index in [4.69, 9.17) is 17.5 Å². The lowest BCUT2D eigenvalue weighted by molar-refractivity contribution is 0.168. The Morgan fingerprint density at radius 2 is 2.17 bits per heavy atom. The molecule has 0 saturated carbocycles. The molecule has 0 heterocycles. The zero-order valence-electron chi connectivity index (χ0n) is 6.53. The summed E-state index contributed by atoms with van der Waals surface area (Å²) in [6, 6.07) is 7.58. The van der Waals surface area contributed by atoms with Gasteiger partial charge < -0.3 is 4.84 Å². The number of nitrogens with two attached hydrogens (primary N) is 1. The van der Waals surface area contributed by atoms with E-state index in [0.717, 1.165) is 10.6 Å². The summed E-state index contributed by atoms with van der Waals surface area (Å²) in [5.74, 6) is 4.85. The van der Waals surface area contributed by atoms with Crippen molar-refractivity contribution < 1.29 is 4.84 Å². The van der Waals surface area contributed by atoms with E-state index in [-0.39, 0.29) is 0 Å². The van der Waals surface area contributed by atoms with Gasteiger partial charge in [0.05, 0.1) is 6.61 Å². The number of hydrogen-bond donors (Lipinski definition) is 1. The van der Waals surface area contributed by atoms with Gasteiger partial charge in [-0.15, -0.1) is 0 Å². The molecular weight excluding hydrogens is 174 g/mol. The van der Waals surface area contributed by atoms with Crippen molar-refractivity contribution >= 4 is 17.7 Å². The van der Waals surface area contributed by atoms with Crippen LogP contribution < -0.4 is 5.90 Å². The Labute approximate surface area is 76.5 Å². The molecule has 0 bridgehead atoms. The summed E-state index contributed by atoms with van der Waals surface area (Å²) in [4.78, 5) is 4.37. The van der Waals surface area contributed by atoms with E-state index < -0.39 is 0 Å². The van der Waals surface area contributed by atoms with Gasteiger partial charge >= 0.3 is 0 Å². The summed E-state index contributed by atoms with van der Waals surface area (Å²) in [5, 5.41) is 0.728. The fourth-order valence-corrected chi connectivity index (χ4v) is 1.04. The topological polar surface area (TPSA) is 35.2 Å². The zero-order chi connectivity index (χ0) is 8.81. The highest BCUT2D eigenvalue weighted by Gasteiger charge is 1.91. The van der Waals surface area contributed by atoms with Crippen molar-refractivity contribution in [3.05, 3.63) is 40.9 Å². The van der Waals surface area contributed by atoms with Gasteiger partial charge in [0.1, 0.15) is 0 Å². The molecule has 0 aliphatic carbocycles. The first kappa shape index (κ1) is 9.26. The average molecular weight is 184 g/mol. The highest BCUT2D eigenvalue weighted by atomic mass is 35.5. The van der Waals surface area contributed by atoms with Gasteiger partial charge in [-0.25, -0.2) is 5.90 Å². The van der Waals surface area contributed by atoms with Gasteiger partial charge in [0.2, 0.25) is 0 Å². The second-order valence-corrected chi connectivity index (χ2v) is 2.66. The van der Waals surface area contributed by atoms with Crippen LogP contribution >= 0.6 is 11.6 Å². The quantitative estimate of drug-likeness (QED) is 0.730. The monoisotopic (exact) mass is 183 g/mol. The molecule has 1 rings (SSSR count). The van der Waals surface area contributed by atoms with Crippen molar-refractivity contribution in [2.45, 2.75) is 0 Å². The second kappa shape index (κ2) is 4.93. The highest BCUT2D eigenvalue weighted by Crippen LogP contribution is 2.15. The molecule has 0 spiro atoms. The maximum absolute atomic E-state index is 5.88. The maximum atomic E-state index is 5.88. The van der Waals surface area contributed by atoms with Gasteiger partial charge in [-0.3, -0.25) is 0 Å². The Morgan fingerprint density at radius 1 is 1.42 bits per heavy atom. The maximum Gasteiger partial charge on any atom is 0.0864 e. The molecule has 0 saturated heterocycles. The predicted octanol–water partition coefficient (Wildman–Crippen LogP) is 2.24. The highest BCUT2D eigenvalue weighted by molar-refractivity contribution is 6.32.